The average molecular weight is 397 g/mol. The molecule has 0 aliphatic heterocycles. The number of fused-ring (bicyclic) bond motifs is 3. The quantitative estimate of drug-likeness (QED) is 0.524. The van der Waals surface area contributed by atoms with Gasteiger partial charge in [-0.3, -0.25) is 4.79 Å². The molecule has 1 aliphatic carbocycles. The molecule has 0 spiro atoms. The average Bonchev–Trinajstić information content (AvgIpc) is 3.31. The van der Waals surface area contributed by atoms with Gasteiger partial charge in [-0.1, -0.05) is 0 Å². The lowest BCUT2D eigenvalue weighted by atomic mass is 10.2. The summed E-state index contributed by atoms with van der Waals surface area (Å²) < 4.78 is 8.90. The second kappa shape index (κ2) is 5.83. The van der Waals surface area contributed by atoms with Gasteiger partial charge in [-0.2, -0.15) is 5.10 Å². The number of aromatic nitrogens is 3. The number of hydrogen-bond donors (Lipinski definition) is 1. The minimum absolute atomic E-state index is 0.166. The van der Waals surface area contributed by atoms with Gasteiger partial charge in [0.15, 0.2) is 0 Å². The van der Waals surface area contributed by atoms with Crippen LogP contribution >= 0.6 is 27.5 Å². The third-order valence-corrected chi connectivity index (χ3v) is 5.01. The number of benzene rings is 1. The second-order valence-electron chi connectivity index (χ2n) is 5.75. The van der Waals surface area contributed by atoms with Crippen LogP contribution in [0.5, 0.6) is 5.75 Å². The van der Waals surface area contributed by atoms with Gasteiger partial charge in [-0.05, 0) is 47.3 Å². The normalized spacial score (nSPS) is 14.7. The lowest BCUT2D eigenvalue weighted by Gasteiger charge is -2.09. The molecule has 3 aromatic rings. The molecule has 0 radical (unpaired) electrons. The fraction of sp³-hybridized carbons (Fsp3) is 0.375. The van der Waals surface area contributed by atoms with Crippen molar-refractivity contribution >= 4 is 49.3 Å². The Bertz CT molecular complexity index is 946. The largest absolute Gasteiger partial charge is 0.492 e. The highest BCUT2D eigenvalue weighted by Gasteiger charge is 2.28. The maximum absolute atomic E-state index is 12.3. The third-order valence-electron chi connectivity index (χ3n) is 4.12. The topological polar surface area (TPSA) is 59.9 Å². The predicted octanol–water partition coefficient (Wildman–Crippen LogP) is 3.98. The first-order valence-corrected chi connectivity index (χ1v) is 8.93. The molecule has 4 rings (SSSR count). The highest BCUT2D eigenvalue weighted by Crippen LogP contribution is 2.43. The molecule has 1 aromatic carbocycles. The van der Waals surface area contributed by atoms with Crippen molar-refractivity contribution in [2.45, 2.75) is 25.3 Å². The lowest BCUT2D eigenvalue weighted by Crippen LogP contribution is -2.07. The van der Waals surface area contributed by atoms with E-state index < -0.39 is 0 Å². The van der Waals surface area contributed by atoms with Gasteiger partial charge in [0.25, 0.3) is 5.56 Å². The molecule has 0 unspecified atom stereocenters. The molecule has 7 heteroatoms. The first kappa shape index (κ1) is 15.0. The standard InChI is InChI=1S/C16H15BrClN3O2/c17-11-7-12-10(6-14(11)23-5-1-4-18)15-13(8-19-20-16(15)22)21(12)9-2-3-9/h6-9H,1-5H2,(H,20,22). The van der Waals surface area contributed by atoms with E-state index in [9.17, 15) is 4.79 Å². The van der Waals surface area contributed by atoms with E-state index in [0.29, 0.717) is 23.9 Å². The minimum Gasteiger partial charge on any atom is -0.492 e. The third kappa shape index (κ3) is 2.54. The van der Waals surface area contributed by atoms with Gasteiger partial charge in [0.1, 0.15) is 5.75 Å². The lowest BCUT2D eigenvalue weighted by molar-refractivity contribution is 0.317. The Balaban J connectivity index is 1.96. The molecule has 0 bridgehead atoms. The van der Waals surface area contributed by atoms with E-state index in [1.807, 2.05) is 12.1 Å². The van der Waals surface area contributed by atoms with Crippen LogP contribution in [0.1, 0.15) is 25.3 Å². The van der Waals surface area contributed by atoms with Crippen LogP contribution in [0.4, 0.5) is 0 Å². The van der Waals surface area contributed by atoms with E-state index in [-0.39, 0.29) is 5.56 Å². The smallest absolute Gasteiger partial charge is 0.274 e. The van der Waals surface area contributed by atoms with Crippen molar-refractivity contribution in [3.05, 3.63) is 33.2 Å². The second-order valence-corrected chi connectivity index (χ2v) is 6.98. The predicted molar refractivity (Wildman–Crippen MR) is 94.7 cm³/mol. The number of hydrogen-bond acceptors (Lipinski definition) is 3. The van der Waals surface area contributed by atoms with Gasteiger partial charge in [0.05, 0.1) is 33.7 Å². The first-order valence-electron chi connectivity index (χ1n) is 7.60. The number of ether oxygens (including phenoxy) is 1. The maximum Gasteiger partial charge on any atom is 0.274 e. The zero-order valence-corrected chi connectivity index (χ0v) is 14.7. The zero-order valence-electron chi connectivity index (χ0n) is 12.3. The summed E-state index contributed by atoms with van der Waals surface area (Å²) in [5.41, 5.74) is 1.76. The highest BCUT2D eigenvalue weighted by atomic mass is 79.9. The number of aromatic amines is 1. The summed E-state index contributed by atoms with van der Waals surface area (Å²) in [7, 11) is 0. The molecule has 1 N–H and O–H groups in total. The van der Waals surface area contributed by atoms with Gasteiger partial charge in [-0.25, -0.2) is 5.10 Å². The van der Waals surface area contributed by atoms with Crippen LogP contribution in [0.15, 0.2) is 27.6 Å². The van der Waals surface area contributed by atoms with Crippen molar-refractivity contribution in [2.75, 3.05) is 12.5 Å². The van der Waals surface area contributed by atoms with E-state index in [0.717, 1.165) is 45.9 Å². The molecule has 2 aromatic heterocycles. The molecule has 23 heavy (non-hydrogen) atoms. The molecule has 1 fully saturated rings. The Kier molecular flexibility index (Phi) is 3.81. The van der Waals surface area contributed by atoms with Gasteiger partial charge < -0.3 is 9.30 Å². The number of alkyl halides is 1. The van der Waals surface area contributed by atoms with E-state index in [4.69, 9.17) is 16.3 Å². The molecular weight excluding hydrogens is 382 g/mol. The van der Waals surface area contributed by atoms with Crippen LogP contribution < -0.4 is 10.3 Å². The van der Waals surface area contributed by atoms with Crippen molar-refractivity contribution in [3.63, 3.8) is 0 Å². The monoisotopic (exact) mass is 395 g/mol. The van der Waals surface area contributed by atoms with Crippen molar-refractivity contribution < 1.29 is 4.74 Å². The van der Waals surface area contributed by atoms with Gasteiger partial charge >= 0.3 is 0 Å². The number of nitrogens with one attached hydrogen (secondary N) is 1. The van der Waals surface area contributed by atoms with Crippen molar-refractivity contribution in [1.29, 1.82) is 0 Å². The summed E-state index contributed by atoms with van der Waals surface area (Å²) >= 11 is 9.28. The summed E-state index contributed by atoms with van der Waals surface area (Å²) in [5.74, 6) is 1.29. The van der Waals surface area contributed by atoms with E-state index in [1.165, 1.54) is 0 Å². The van der Waals surface area contributed by atoms with Crippen LogP contribution in [-0.2, 0) is 0 Å². The molecule has 0 amide bonds. The summed E-state index contributed by atoms with van der Waals surface area (Å²) in [5, 5.41) is 8.08. The van der Waals surface area contributed by atoms with E-state index in [1.54, 1.807) is 6.20 Å². The molecular formula is C16H15BrClN3O2. The molecule has 0 atom stereocenters. The fourth-order valence-corrected chi connectivity index (χ4v) is 3.53. The Morgan fingerprint density at radius 2 is 2.22 bits per heavy atom. The zero-order chi connectivity index (χ0) is 16.0. The van der Waals surface area contributed by atoms with Gasteiger partial charge in [0.2, 0.25) is 0 Å². The molecule has 5 nitrogen and oxygen atoms in total. The van der Waals surface area contributed by atoms with Crippen LogP contribution in [0.2, 0.25) is 0 Å². The van der Waals surface area contributed by atoms with Gasteiger partial charge in [-0.15, -0.1) is 11.6 Å². The summed E-state index contributed by atoms with van der Waals surface area (Å²) in [4.78, 5) is 12.3. The molecule has 120 valence electrons. The van der Waals surface area contributed by atoms with Crippen molar-refractivity contribution in [2.24, 2.45) is 0 Å². The first-order chi connectivity index (χ1) is 11.2. The number of rotatable bonds is 5. The van der Waals surface area contributed by atoms with Gasteiger partial charge in [0, 0.05) is 17.3 Å². The van der Waals surface area contributed by atoms with Crippen LogP contribution in [0.3, 0.4) is 0 Å². The minimum atomic E-state index is -0.166. The Morgan fingerprint density at radius 1 is 1.39 bits per heavy atom. The molecule has 1 aliphatic rings. The van der Waals surface area contributed by atoms with Crippen molar-refractivity contribution in [3.8, 4) is 5.75 Å². The summed E-state index contributed by atoms with van der Waals surface area (Å²) in [6.07, 6.45) is 4.78. The molecule has 1 saturated carbocycles. The Morgan fingerprint density at radius 3 is 2.96 bits per heavy atom. The number of halogens is 2. The molecule has 0 saturated heterocycles. The molecule has 2 heterocycles. The Hall–Kier alpha value is -1.53. The number of nitrogens with zero attached hydrogens (tertiary/aromatic N) is 2. The van der Waals surface area contributed by atoms with Crippen molar-refractivity contribution in [1.82, 2.24) is 14.8 Å². The number of H-pyrrole nitrogens is 1. The fourth-order valence-electron chi connectivity index (χ4n) is 2.98. The summed E-state index contributed by atoms with van der Waals surface area (Å²) in [6.45, 7) is 0.548. The van der Waals surface area contributed by atoms with Crippen LogP contribution in [0, 0.1) is 0 Å². The van der Waals surface area contributed by atoms with E-state index in [2.05, 4.69) is 30.7 Å². The summed E-state index contributed by atoms with van der Waals surface area (Å²) in [6, 6.07) is 4.42. The maximum atomic E-state index is 12.3. The Labute approximate surface area is 145 Å². The van der Waals surface area contributed by atoms with E-state index >= 15 is 0 Å². The highest BCUT2D eigenvalue weighted by molar-refractivity contribution is 9.10. The SMILES string of the molecule is O=c1[nH]ncc2c1c1cc(OCCCCl)c(Br)cc1n2C1CC1. The van der Waals surface area contributed by atoms with Crippen LogP contribution in [-0.4, -0.2) is 27.3 Å². The van der Waals surface area contributed by atoms with Crippen LogP contribution in [0.25, 0.3) is 21.8 Å².